The summed E-state index contributed by atoms with van der Waals surface area (Å²) in [6, 6.07) is 7.92. The van der Waals surface area contributed by atoms with E-state index in [1.807, 2.05) is 42.0 Å². The lowest BCUT2D eigenvalue weighted by molar-refractivity contribution is -0.128. The summed E-state index contributed by atoms with van der Waals surface area (Å²) in [6.07, 6.45) is 10.2. The standard InChI is InChI=1S/C19H25N3O2/c1-15(21-18(23)13-19(24)8-3-2-4-9-19)16-6-5-7-17(12-16)22-11-10-20-14-22/h5-7,10-12,14-15,24H,2-4,8-9,13H2,1H3,(H,21,23). The largest absolute Gasteiger partial charge is 0.389 e. The van der Waals surface area contributed by atoms with Crippen molar-refractivity contribution in [3.8, 4) is 5.69 Å². The average molecular weight is 327 g/mol. The van der Waals surface area contributed by atoms with Crippen molar-refractivity contribution in [2.24, 2.45) is 0 Å². The molecule has 1 heterocycles. The first-order chi connectivity index (χ1) is 11.6. The van der Waals surface area contributed by atoms with Gasteiger partial charge in [-0.3, -0.25) is 4.79 Å². The molecule has 5 nitrogen and oxygen atoms in total. The Morgan fingerprint density at radius 1 is 1.38 bits per heavy atom. The van der Waals surface area contributed by atoms with Crippen molar-refractivity contribution >= 4 is 5.91 Å². The zero-order valence-corrected chi connectivity index (χ0v) is 14.1. The summed E-state index contributed by atoms with van der Waals surface area (Å²) >= 11 is 0. The first-order valence-corrected chi connectivity index (χ1v) is 8.66. The molecule has 3 rings (SSSR count). The highest BCUT2D eigenvalue weighted by Crippen LogP contribution is 2.31. The molecule has 0 aliphatic heterocycles. The molecule has 0 bridgehead atoms. The summed E-state index contributed by atoms with van der Waals surface area (Å²) in [5.41, 5.74) is 1.22. The number of benzene rings is 1. The van der Waals surface area contributed by atoms with Gasteiger partial charge in [0, 0.05) is 18.1 Å². The molecule has 1 fully saturated rings. The summed E-state index contributed by atoms with van der Waals surface area (Å²) in [4.78, 5) is 16.4. The normalized spacial score (nSPS) is 18.1. The lowest BCUT2D eigenvalue weighted by Crippen LogP contribution is -2.39. The van der Waals surface area contributed by atoms with E-state index in [1.165, 1.54) is 0 Å². The Morgan fingerprint density at radius 2 is 2.17 bits per heavy atom. The van der Waals surface area contributed by atoms with Gasteiger partial charge in [-0.05, 0) is 37.5 Å². The quantitative estimate of drug-likeness (QED) is 0.886. The Bertz CT molecular complexity index is 676. The Kier molecular flexibility index (Phi) is 5.00. The smallest absolute Gasteiger partial charge is 0.223 e. The Hall–Kier alpha value is -2.14. The highest BCUT2D eigenvalue weighted by molar-refractivity contribution is 5.77. The first-order valence-electron chi connectivity index (χ1n) is 8.66. The first kappa shape index (κ1) is 16.7. The van der Waals surface area contributed by atoms with Gasteiger partial charge in [-0.25, -0.2) is 4.98 Å². The number of nitrogens with one attached hydrogen (secondary N) is 1. The number of aliphatic hydroxyl groups is 1. The summed E-state index contributed by atoms with van der Waals surface area (Å²) in [5, 5.41) is 13.5. The zero-order valence-electron chi connectivity index (χ0n) is 14.1. The number of hydrogen-bond donors (Lipinski definition) is 2. The summed E-state index contributed by atoms with van der Waals surface area (Å²) in [7, 11) is 0. The van der Waals surface area contributed by atoms with Crippen LogP contribution in [-0.2, 0) is 4.79 Å². The predicted molar refractivity (Wildman–Crippen MR) is 92.8 cm³/mol. The van der Waals surface area contributed by atoms with Crippen LogP contribution in [0, 0.1) is 0 Å². The summed E-state index contributed by atoms with van der Waals surface area (Å²) < 4.78 is 1.93. The molecule has 1 aliphatic rings. The van der Waals surface area contributed by atoms with Gasteiger partial charge in [0.2, 0.25) is 5.91 Å². The van der Waals surface area contributed by atoms with E-state index < -0.39 is 5.60 Å². The second-order valence-electron chi connectivity index (χ2n) is 6.82. The van der Waals surface area contributed by atoms with E-state index in [9.17, 15) is 9.90 Å². The lowest BCUT2D eigenvalue weighted by Gasteiger charge is -2.31. The van der Waals surface area contributed by atoms with Crippen molar-refractivity contribution in [1.29, 1.82) is 0 Å². The van der Waals surface area contributed by atoms with Gasteiger partial charge in [0.25, 0.3) is 0 Å². The topological polar surface area (TPSA) is 67.2 Å². The SMILES string of the molecule is CC(NC(=O)CC1(O)CCCCC1)c1cccc(-n2ccnc2)c1. The predicted octanol–water partition coefficient (Wildman–Crippen LogP) is 3.13. The van der Waals surface area contributed by atoms with Crippen LogP contribution in [0.25, 0.3) is 5.69 Å². The van der Waals surface area contributed by atoms with Crippen LogP contribution in [0.3, 0.4) is 0 Å². The van der Waals surface area contributed by atoms with E-state index in [0.717, 1.165) is 43.4 Å². The minimum atomic E-state index is -0.819. The number of nitrogens with zero attached hydrogens (tertiary/aromatic N) is 2. The maximum absolute atomic E-state index is 12.3. The van der Waals surface area contributed by atoms with Gasteiger partial charge in [0.1, 0.15) is 0 Å². The van der Waals surface area contributed by atoms with Gasteiger partial charge in [-0.2, -0.15) is 0 Å². The summed E-state index contributed by atoms with van der Waals surface area (Å²) in [5.74, 6) is -0.0834. The Morgan fingerprint density at radius 3 is 2.88 bits per heavy atom. The van der Waals surface area contributed by atoms with Gasteiger partial charge in [0.05, 0.1) is 24.4 Å². The number of rotatable bonds is 5. The molecule has 5 heteroatoms. The third-order valence-electron chi connectivity index (χ3n) is 4.82. The number of amides is 1. The highest BCUT2D eigenvalue weighted by atomic mass is 16.3. The molecule has 1 aromatic carbocycles. The van der Waals surface area contributed by atoms with Crippen LogP contribution >= 0.6 is 0 Å². The molecule has 2 aromatic rings. The molecule has 0 saturated heterocycles. The number of carbonyl (C=O) groups is 1. The zero-order chi connectivity index (χ0) is 17.0. The molecule has 128 valence electrons. The number of carbonyl (C=O) groups excluding carboxylic acids is 1. The van der Waals surface area contributed by atoms with E-state index in [4.69, 9.17) is 0 Å². The minimum absolute atomic E-state index is 0.0834. The van der Waals surface area contributed by atoms with Crippen LogP contribution in [0.4, 0.5) is 0 Å². The minimum Gasteiger partial charge on any atom is -0.389 e. The molecular weight excluding hydrogens is 302 g/mol. The molecule has 1 aromatic heterocycles. The third kappa shape index (κ3) is 4.03. The molecule has 1 amide bonds. The Labute approximate surface area is 142 Å². The molecule has 0 spiro atoms. The van der Waals surface area contributed by atoms with Crippen molar-refractivity contribution in [3.05, 3.63) is 48.5 Å². The Balaban J connectivity index is 1.63. The maximum Gasteiger partial charge on any atom is 0.223 e. The van der Waals surface area contributed by atoms with Crippen LogP contribution in [0.5, 0.6) is 0 Å². The van der Waals surface area contributed by atoms with Crippen molar-refractivity contribution in [1.82, 2.24) is 14.9 Å². The fourth-order valence-corrected chi connectivity index (χ4v) is 3.43. The van der Waals surface area contributed by atoms with Crippen LogP contribution in [0.2, 0.25) is 0 Å². The average Bonchev–Trinajstić information content (AvgIpc) is 3.09. The van der Waals surface area contributed by atoms with E-state index in [0.29, 0.717) is 0 Å². The van der Waals surface area contributed by atoms with Gasteiger partial charge in [0.15, 0.2) is 0 Å². The van der Waals surface area contributed by atoms with Crippen LogP contribution in [-0.4, -0.2) is 26.2 Å². The van der Waals surface area contributed by atoms with Crippen molar-refractivity contribution in [2.45, 2.75) is 57.1 Å². The van der Waals surface area contributed by atoms with Crippen LogP contribution in [0.1, 0.15) is 57.1 Å². The van der Waals surface area contributed by atoms with Crippen molar-refractivity contribution in [2.75, 3.05) is 0 Å². The van der Waals surface area contributed by atoms with Gasteiger partial charge >= 0.3 is 0 Å². The van der Waals surface area contributed by atoms with Crippen molar-refractivity contribution < 1.29 is 9.90 Å². The second-order valence-corrected chi connectivity index (χ2v) is 6.82. The van der Waals surface area contributed by atoms with Crippen molar-refractivity contribution in [3.63, 3.8) is 0 Å². The fourth-order valence-electron chi connectivity index (χ4n) is 3.43. The van der Waals surface area contributed by atoms with E-state index in [-0.39, 0.29) is 18.4 Å². The number of hydrogen-bond acceptors (Lipinski definition) is 3. The fraction of sp³-hybridized carbons (Fsp3) is 0.474. The molecule has 1 saturated carbocycles. The summed E-state index contributed by atoms with van der Waals surface area (Å²) in [6.45, 7) is 1.97. The molecule has 24 heavy (non-hydrogen) atoms. The van der Waals surface area contributed by atoms with Crippen LogP contribution in [0.15, 0.2) is 43.0 Å². The molecule has 1 atom stereocenters. The molecule has 2 N–H and O–H groups in total. The highest BCUT2D eigenvalue weighted by Gasteiger charge is 2.32. The van der Waals surface area contributed by atoms with Crippen LogP contribution < -0.4 is 5.32 Å². The second kappa shape index (κ2) is 7.18. The maximum atomic E-state index is 12.3. The number of imidazole rings is 1. The molecule has 0 radical (unpaired) electrons. The van der Waals surface area contributed by atoms with E-state index in [2.05, 4.69) is 10.3 Å². The van der Waals surface area contributed by atoms with E-state index >= 15 is 0 Å². The van der Waals surface area contributed by atoms with E-state index in [1.54, 1.807) is 12.5 Å². The third-order valence-corrected chi connectivity index (χ3v) is 4.82. The van der Waals surface area contributed by atoms with Gasteiger partial charge < -0.3 is 15.0 Å². The van der Waals surface area contributed by atoms with Gasteiger partial charge in [-0.15, -0.1) is 0 Å². The number of aromatic nitrogens is 2. The lowest BCUT2D eigenvalue weighted by atomic mass is 9.82. The monoisotopic (exact) mass is 327 g/mol. The molecular formula is C19H25N3O2. The van der Waals surface area contributed by atoms with Gasteiger partial charge in [-0.1, -0.05) is 31.4 Å². The molecule has 1 aliphatic carbocycles. The molecule has 1 unspecified atom stereocenters.